The number of nitrogens with one attached hydrogen (secondary N) is 1. The van der Waals surface area contributed by atoms with Crippen LogP contribution in [0.4, 0.5) is 5.13 Å². The van der Waals surface area contributed by atoms with Gasteiger partial charge < -0.3 is 10.4 Å². The first-order chi connectivity index (χ1) is 7.38. The molecule has 0 aromatic carbocycles. The molecule has 16 heavy (non-hydrogen) atoms. The molecule has 0 fully saturated rings. The third-order valence-electron chi connectivity index (χ3n) is 2.07. The minimum Gasteiger partial charge on any atom is -0.481 e. The Morgan fingerprint density at radius 2 is 2.31 bits per heavy atom. The molecule has 1 aromatic rings. The Balaban J connectivity index is 2.49. The molecule has 0 aliphatic rings. The van der Waals surface area contributed by atoms with Gasteiger partial charge in [-0.3, -0.25) is 4.79 Å². The maximum Gasteiger partial charge on any atom is 0.308 e. The molecule has 1 rings (SSSR count). The zero-order chi connectivity index (χ0) is 12.2. The van der Waals surface area contributed by atoms with Crippen molar-refractivity contribution >= 4 is 22.6 Å². The van der Waals surface area contributed by atoms with Gasteiger partial charge in [0, 0.05) is 18.1 Å². The summed E-state index contributed by atoms with van der Waals surface area (Å²) in [7, 11) is 0. The molecule has 0 saturated carbocycles. The summed E-state index contributed by atoms with van der Waals surface area (Å²) in [4.78, 5) is 15.0. The molecule has 0 spiro atoms. The minimum absolute atomic E-state index is 0.00582. The Kier molecular flexibility index (Phi) is 4.23. The zero-order valence-electron chi connectivity index (χ0n) is 9.73. The van der Waals surface area contributed by atoms with E-state index in [-0.39, 0.29) is 5.41 Å². The molecular formula is C10H17N3O2S. The van der Waals surface area contributed by atoms with E-state index in [9.17, 15) is 4.79 Å². The van der Waals surface area contributed by atoms with Gasteiger partial charge in [-0.2, -0.15) is 4.37 Å². The van der Waals surface area contributed by atoms with Gasteiger partial charge in [0.25, 0.3) is 0 Å². The number of carboxylic acid groups (broad SMARTS) is 1. The van der Waals surface area contributed by atoms with Crippen LogP contribution in [0.15, 0.2) is 6.33 Å². The van der Waals surface area contributed by atoms with Crippen molar-refractivity contribution in [3.05, 3.63) is 6.33 Å². The fraction of sp³-hybridized carbons (Fsp3) is 0.700. The van der Waals surface area contributed by atoms with Gasteiger partial charge in [-0.25, -0.2) is 4.98 Å². The number of aliphatic carboxylic acids is 1. The number of anilines is 1. The van der Waals surface area contributed by atoms with E-state index < -0.39 is 11.9 Å². The molecule has 2 N–H and O–H groups in total. The SMILES string of the molecule is CC(C)(C)CC(CNc1ncns1)C(=O)O. The summed E-state index contributed by atoms with van der Waals surface area (Å²) >= 11 is 1.23. The fourth-order valence-electron chi connectivity index (χ4n) is 1.45. The van der Waals surface area contributed by atoms with Crippen LogP contribution in [-0.2, 0) is 4.79 Å². The number of nitrogens with zero attached hydrogens (tertiary/aromatic N) is 2. The van der Waals surface area contributed by atoms with E-state index in [1.807, 2.05) is 20.8 Å². The first kappa shape index (κ1) is 12.9. The van der Waals surface area contributed by atoms with Crippen LogP contribution < -0.4 is 5.32 Å². The maximum absolute atomic E-state index is 11.1. The molecule has 90 valence electrons. The Morgan fingerprint density at radius 1 is 1.62 bits per heavy atom. The van der Waals surface area contributed by atoms with Crippen LogP contribution in [0.3, 0.4) is 0 Å². The Bertz CT molecular complexity index is 332. The predicted octanol–water partition coefficient (Wildman–Crippen LogP) is 2.09. The molecule has 0 bridgehead atoms. The molecule has 1 aromatic heterocycles. The highest BCUT2D eigenvalue weighted by atomic mass is 32.1. The van der Waals surface area contributed by atoms with Gasteiger partial charge in [0.2, 0.25) is 5.13 Å². The van der Waals surface area contributed by atoms with Crippen LogP contribution in [0.5, 0.6) is 0 Å². The summed E-state index contributed by atoms with van der Waals surface area (Å²) in [5.41, 5.74) is 0.00582. The average molecular weight is 243 g/mol. The first-order valence-electron chi connectivity index (χ1n) is 5.12. The second-order valence-electron chi connectivity index (χ2n) is 4.93. The lowest BCUT2D eigenvalue weighted by Gasteiger charge is -2.23. The predicted molar refractivity (Wildman–Crippen MR) is 63.6 cm³/mol. The molecule has 0 radical (unpaired) electrons. The summed E-state index contributed by atoms with van der Waals surface area (Å²) in [6.07, 6.45) is 2.08. The molecular weight excluding hydrogens is 226 g/mol. The number of hydrogen-bond acceptors (Lipinski definition) is 5. The lowest BCUT2D eigenvalue weighted by Crippen LogP contribution is -2.27. The van der Waals surface area contributed by atoms with Crippen LogP contribution in [0.2, 0.25) is 0 Å². The Morgan fingerprint density at radius 3 is 2.75 bits per heavy atom. The van der Waals surface area contributed by atoms with Crippen molar-refractivity contribution in [2.75, 3.05) is 11.9 Å². The number of rotatable bonds is 5. The van der Waals surface area contributed by atoms with Crippen molar-refractivity contribution in [3.8, 4) is 0 Å². The van der Waals surface area contributed by atoms with E-state index >= 15 is 0 Å². The van der Waals surface area contributed by atoms with Crippen molar-refractivity contribution in [2.45, 2.75) is 27.2 Å². The van der Waals surface area contributed by atoms with E-state index in [4.69, 9.17) is 5.11 Å². The third-order valence-corrected chi connectivity index (χ3v) is 2.69. The number of carbonyl (C=O) groups is 1. The van der Waals surface area contributed by atoms with Crippen LogP contribution in [0, 0.1) is 11.3 Å². The van der Waals surface area contributed by atoms with Gasteiger partial charge in [-0.05, 0) is 11.8 Å². The van der Waals surface area contributed by atoms with E-state index in [1.54, 1.807) is 0 Å². The molecule has 5 nitrogen and oxygen atoms in total. The van der Waals surface area contributed by atoms with Gasteiger partial charge in [0.1, 0.15) is 6.33 Å². The molecule has 1 atom stereocenters. The van der Waals surface area contributed by atoms with Crippen LogP contribution in [0.25, 0.3) is 0 Å². The number of carboxylic acids is 1. The lowest BCUT2D eigenvalue weighted by molar-refractivity contribution is -0.142. The molecule has 1 heterocycles. The summed E-state index contributed by atoms with van der Waals surface area (Å²) in [6, 6.07) is 0. The summed E-state index contributed by atoms with van der Waals surface area (Å²) < 4.78 is 3.84. The average Bonchev–Trinajstić information content (AvgIpc) is 2.62. The first-order valence-corrected chi connectivity index (χ1v) is 5.89. The van der Waals surface area contributed by atoms with Crippen molar-refractivity contribution in [2.24, 2.45) is 11.3 Å². The summed E-state index contributed by atoms with van der Waals surface area (Å²) in [6.45, 7) is 6.50. The highest BCUT2D eigenvalue weighted by Gasteiger charge is 2.24. The second-order valence-corrected chi connectivity index (χ2v) is 5.71. The molecule has 0 saturated heterocycles. The molecule has 6 heteroatoms. The van der Waals surface area contributed by atoms with E-state index in [2.05, 4.69) is 14.7 Å². The van der Waals surface area contributed by atoms with Gasteiger partial charge >= 0.3 is 5.97 Å². The van der Waals surface area contributed by atoms with Gasteiger partial charge in [-0.1, -0.05) is 20.8 Å². The maximum atomic E-state index is 11.1. The normalized spacial score (nSPS) is 13.4. The van der Waals surface area contributed by atoms with Crippen molar-refractivity contribution in [1.82, 2.24) is 9.36 Å². The lowest BCUT2D eigenvalue weighted by atomic mass is 9.84. The molecule has 0 aliphatic carbocycles. The number of aromatic nitrogens is 2. The standard InChI is InChI=1S/C10H17N3O2S/c1-10(2,3)4-7(8(14)15)5-11-9-12-6-13-16-9/h6-7H,4-5H2,1-3H3,(H,14,15)(H,11,12,13). The zero-order valence-corrected chi connectivity index (χ0v) is 10.5. The van der Waals surface area contributed by atoms with Crippen LogP contribution in [-0.4, -0.2) is 27.0 Å². The molecule has 0 aliphatic heterocycles. The van der Waals surface area contributed by atoms with Gasteiger partial charge in [0.15, 0.2) is 0 Å². The van der Waals surface area contributed by atoms with Gasteiger partial charge in [-0.15, -0.1) is 0 Å². The third kappa shape index (κ3) is 4.57. The van der Waals surface area contributed by atoms with E-state index in [0.717, 1.165) is 0 Å². The largest absolute Gasteiger partial charge is 0.481 e. The Labute approximate surface area is 99.1 Å². The van der Waals surface area contributed by atoms with Crippen LogP contribution in [0.1, 0.15) is 27.2 Å². The van der Waals surface area contributed by atoms with Crippen molar-refractivity contribution < 1.29 is 9.90 Å². The van der Waals surface area contributed by atoms with Crippen molar-refractivity contribution in [1.29, 1.82) is 0 Å². The number of hydrogen-bond donors (Lipinski definition) is 2. The highest BCUT2D eigenvalue weighted by molar-refractivity contribution is 7.09. The smallest absolute Gasteiger partial charge is 0.308 e. The fourth-order valence-corrected chi connectivity index (χ4v) is 1.88. The Hall–Kier alpha value is -1.17. The summed E-state index contributed by atoms with van der Waals surface area (Å²) in [5, 5.41) is 12.8. The summed E-state index contributed by atoms with van der Waals surface area (Å²) in [5.74, 6) is -1.17. The molecule has 0 amide bonds. The molecule has 1 unspecified atom stereocenters. The van der Waals surface area contributed by atoms with E-state index in [1.165, 1.54) is 17.9 Å². The van der Waals surface area contributed by atoms with E-state index in [0.29, 0.717) is 18.1 Å². The van der Waals surface area contributed by atoms with Crippen molar-refractivity contribution in [3.63, 3.8) is 0 Å². The monoisotopic (exact) mass is 243 g/mol. The van der Waals surface area contributed by atoms with Crippen LogP contribution >= 0.6 is 11.5 Å². The minimum atomic E-state index is -0.771. The quantitative estimate of drug-likeness (QED) is 0.828. The highest BCUT2D eigenvalue weighted by Crippen LogP contribution is 2.25. The van der Waals surface area contributed by atoms with Gasteiger partial charge in [0.05, 0.1) is 5.92 Å². The topological polar surface area (TPSA) is 75.1 Å². The second kappa shape index (κ2) is 5.25.